The van der Waals surface area contributed by atoms with Crippen LogP contribution in [0.3, 0.4) is 0 Å². The summed E-state index contributed by atoms with van der Waals surface area (Å²) in [6.45, 7) is 3.06. The largest absolute Gasteiger partial charge is 0.370 e. The van der Waals surface area contributed by atoms with Crippen LogP contribution in [0.5, 0.6) is 0 Å². The predicted octanol–water partition coefficient (Wildman–Crippen LogP) is 3.29. The molecule has 1 aliphatic rings. The molecule has 1 aromatic heterocycles. The Hall–Kier alpha value is -0.830. The number of hydrogen-bond acceptors (Lipinski definition) is 3. The van der Waals surface area contributed by atoms with E-state index in [1.54, 1.807) is 0 Å². The van der Waals surface area contributed by atoms with Crippen LogP contribution in [0.25, 0.3) is 0 Å². The summed E-state index contributed by atoms with van der Waals surface area (Å²) in [5.41, 5.74) is 1.03. The third-order valence-electron chi connectivity index (χ3n) is 3.32. The van der Waals surface area contributed by atoms with E-state index in [2.05, 4.69) is 22.2 Å². The Morgan fingerprint density at radius 1 is 1.44 bits per heavy atom. The van der Waals surface area contributed by atoms with E-state index in [4.69, 9.17) is 11.6 Å². The molecule has 2 rings (SSSR count). The smallest absolute Gasteiger partial charge is 0.137 e. The number of nitrogens with zero attached hydrogens (tertiary/aromatic N) is 2. The molecule has 0 aliphatic heterocycles. The molecule has 1 aromatic rings. The van der Waals surface area contributed by atoms with Gasteiger partial charge in [0.15, 0.2) is 0 Å². The van der Waals surface area contributed by atoms with Crippen LogP contribution in [-0.2, 0) is 6.42 Å². The third-order valence-corrected chi connectivity index (χ3v) is 3.64. The standard InChI is InChI=1S/C12H18ClN3/c1-2-10-11(13)15-8-16-12(10)14-7-6-9-4-3-5-9/h8-9H,2-7H2,1H3,(H,14,15,16). The molecule has 0 spiro atoms. The molecule has 3 nitrogen and oxygen atoms in total. The molecule has 88 valence electrons. The van der Waals surface area contributed by atoms with Crippen molar-refractivity contribution in [2.24, 2.45) is 5.92 Å². The van der Waals surface area contributed by atoms with Gasteiger partial charge in [-0.05, 0) is 18.8 Å². The highest BCUT2D eigenvalue weighted by molar-refractivity contribution is 6.30. The van der Waals surface area contributed by atoms with Gasteiger partial charge < -0.3 is 5.32 Å². The average Bonchev–Trinajstić information content (AvgIpc) is 2.22. The predicted molar refractivity (Wildman–Crippen MR) is 66.9 cm³/mol. The molecule has 4 heteroatoms. The second kappa shape index (κ2) is 5.48. The first kappa shape index (κ1) is 11.6. The van der Waals surface area contributed by atoms with E-state index in [1.165, 1.54) is 32.0 Å². The maximum atomic E-state index is 6.02. The van der Waals surface area contributed by atoms with Gasteiger partial charge in [0.05, 0.1) is 0 Å². The van der Waals surface area contributed by atoms with E-state index in [0.717, 1.165) is 30.3 Å². The maximum Gasteiger partial charge on any atom is 0.137 e. The summed E-state index contributed by atoms with van der Waals surface area (Å²) < 4.78 is 0. The number of nitrogens with one attached hydrogen (secondary N) is 1. The first-order valence-corrected chi connectivity index (χ1v) is 6.42. The van der Waals surface area contributed by atoms with Crippen LogP contribution in [0.1, 0.15) is 38.2 Å². The summed E-state index contributed by atoms with van der Waals surface area (Å²) in [5.74, 6) is 1.83. The monoisotopic (exact) mass is 239 g/mol. The summed E-state index contributed by atoms with van der Waals surface area (Å²) >= 11 is 6.02. The van der Waals surface area contributed by atoms with Crippen molar-refractivity contribution in [1.29, 1.82) is 0 Å². The van der Waals surface area contributed by atoms with Crippen LogP contribution in [0, 0.1) is 5.92 Å². The minimum absolute atomic E-state index is 0.573. The summed E-state index contributed by atoms with van der Waals surface area (Å²) in [6.07, 6.45) is 7.83. The highest BCUT2D eigenvalue weighted by Gasteiger charge is 2.16. The number of anilines is 1. The van der Waals surface area contributed by atoms with Crippen LogP contribution in [0.4, 0.5) is 5.82 Å². The topological polar surface area (TPSA) is 37.8 Å². The molecule has 1 aliphatic carbocycles. The van der Waals surface area contributed by atoms with Crippen LogP contribution < -0.4 is 5.32 Å². The third kappa shape index (κ3) is 2.64. The second-order valence-corrected chi connectivity index (χ2v) is 4.72. The number of hydrogen-bond donors (Lipinski definition) is 1. The zero-order valence-corrected chi connectivity index (χ0v) is 10.4. The lowest BCUT2D eigenvalue weighted by molar-refractivity contribution is 0.303. The number of aromatic nitrogens is 2. The fourth-order valence-electron chi connectivity index (χ4n) is 2.03. The Bertz CT molecular complexity index is 350. The molecule has 16 heavy (non-hydrogen) atoms. The summed E-state index contributed by atoms with van der Waals surface area (Å²) in [4.78, 5) is 8.24. The second-order valence-electron chi connectivity index (χ2n) is 4.36. The van der Waals surface area contributed by atoms with Crippen LogP contribution in [0.15, 0.2) is 6.33 Å². The van der Waals surface area contributed by atoms with Gasteiger partial charge in [0.25, 0.3) is 0 Å². The van der Waals surface area contributed by atoms with Crippen molar-refractivity contribution in [2.75, 3.05) is 11.9 Å². The lowest BCUT2D eigenvalue weighted by atomic mass is 9.83. The Morgan fingerprint density at radius 2 is 2.25 bits per heavy atom. The van der Waals surface area contributed by atoms with E-state index in [9.17, 15) is 0 Å². The molecule has 0 bridgehead atoms. The molecule has 0 atom stereocenters. The van der Waals surface area contributed by atoms with Gasteiger partial charge in [-0.1, -0.05) is 37.8 Å². The minimum atomic E-state index is 0.573. The molecule has 0 aromatic carbocycles. The highest BCUT2D eigenvalue weighted by Crippen LogP contribution is 2.29. The van der Waals surface area contributed by atoms with Crippen molar-refractivity contribution in [3.63, 3.8) is 0 Å². The Kier molecular flexibility index (Phi) is 3.99. The van der Waals surface area contributed by atoms with Crippen molar-refractivity contribution >= 4 is 17.4 Å². The van der Waals surface area contributed by atoms with Gasteiger partial charge >= 0.3 is 0 Å². The molecule has 0 amide bonds. The van der Waals surface area contributed by atoms with E-state index in [0.29, 0.717) is 5.15 Å². The van der Waals surface area contributed by atoms with Gasteiger partial charge in [0.1, 0.15) is 17.3 Å². The van der Waals surface area contributed by atoms with E-state index < -0.39 is 0 Å². The maximum absolute atomic E-state index is 6.02. The number of halogens is 1. The summed E-state index contributed by atoms with van der Waals surface area (Å²) in [5, 5.41) is 3.94. The van der Waals surface area contributed by atoms with Gasteiger partial charge in [-0.15, -0.1) is 0 Å². The highest BCUT2D eigenvalue weighted by atomic mass is 35.5. The van der Waals surface area contributed by atoms with Gasteiger partial charge in [-0.3, -0.25) is 0 Å². The van der Waals surface area contributed by atoms with E-state index in [1.807, 2.05) is 0 Å². The quantitative estimate of drug-likeness (QED) is 0.802. The molecule has 0 radical (unpaired) electrons. The normalized spacial score (nSPS) is 15.9. The van der Waals surface area contributed by atoms with Crippen molar-refractivity contribution in [3.05, 3.63) is 17.0 Å². The summed E-state index contributed by atoms with van der Waals surface area (Å²) in [7, 11) is 0. The average molecular weight is 240 g/mol. The zero-order chi connectivity index (χ0) is 11.4. The molecule has 1 N–H and O–H groups in total. The zero-order valence-electron chi connectivity index (χ0n) is 9.67. The van der Waals surface area contributed by atoms with Crippen molar-refractivity contribution in [2.45, 2.75) is 39.0 Å². The van der Waals surface area contributed by atoms with Crippen molar-refractivity contribution < 1.29 is 0 Å². The van der Waals surface area contributed by atoms with Crippen LogP contribution in [0.2, 0.25) is 5.15 Å². The molecule has 1 fully saturated rings. The molecule has 0 saturated heterocycles. The van der Waals surface area contributed by atoms with Gasteiger partial charge in [0.2, 0.25) is 0 Å². The lowest BCUT2D eigenvalue weighted by Crippen LogP contribution is -2.16. The Morgan fingerprint density at radius 3 is 2.88 bits per heavy atom. The van der Waals surface area contributed by atoms with Crippen molar-refractivity contribution in [3.8, 4) is 0 Å². The van der Waals surface area contributed by atoms with Gasteiger partial charge in [-0.2, -0.15) is 0 Å². The lowest BCUT2D eigenvalue weighted by Gasteiger charge is -2.25. The SMILES string of the molecule is CCc1c(Cl)ncnc1NCCC1CCC1. The first-order chi connectivity index (χ1) is 7.81. The van der Waals surface area contributed by atoms with Crippen LogP contribution >= 0.6 is 11.6 Å². The first-order valence-electron chi connectivity index (χ1n) is 6.04. The van der Waals surface area contributed by atoms with Crippen LogP contribution in [-0.4, -0.2) is 16.5 Å². The molecular formula is C12H18ClN3. The molecular weight excluding hydrogens is 222 g/mol. The Labute approximate surface area is 102 Å². The molecule has 0 unspecified atom stereocenters. The number of rotatable bonds is 5. The molecule has 1 saturated carbocycles. The fourth-order valence-corrected chi connectivity index (χ4v) is 2.30. The Balaban J connectivity index is 1.89. The fraction of sp³-hybridized carbons (Fsp3) is 0.667. The van der Waals surface area contributed by atoms with E-state index >= 15 is 0 Å². The van der Waals surface area contributed by atoms with E-state index in [-0.39, 0.29) is 0 Å². The van der Waals surface area contributed by atoms with Gasteiger partial charge in [-0.25, -0.2) is 9.97 Å². The van der Waals surface area contributed by atoms with Crippen molar-refractivity contribution in [1.82, 2.24) is 9.97 Å². The summed E-state index contributed by atoms with van der Waals surface area (Å²) in [6, 6.07) is 0. The minimum Gasteiger partial charge on any atom is -0.370 e. The molecule has 1 heterocycles. The van der Waals surface area contributed by atoms with Gasteiger partial charge in [0, 0.05) is 12.1 Å².